The molecule has 2 heterocycles. The summed E-state index contributed by atoms with van der Waals surface area (Å²) in [6.45, 7) is 8.03. The average molecular weight is 527 g/mol. The van der Waals surface area contributed by atoms with Crippen molar-refractivity contribution in [3.8, 4) is 23.0 Å². The molecule has 0 fully saturated rings. The van der Waals surface area contributed by atoms with E-state index in [1.165, 1.54) is 4.90 Å². The number of imide groups is 1. The van der Waals surface area contributed by atoms with Gasteiger partial charge in [0.05, 0.1) is 5.69 Å². The highest BCUT2D eigenvalue weighted by Gasteiger charge is 2.35. The molecule has 6 nitrogen and oxygen atoms in total. The zero-order chi connectivity index (χ0) is 28.4. The van der Waals surface area contributed by atoms with Gasteiger partial charge in [-0.2, -0.15) is 10.4 Å². The molecule has 4 aromatic rings. The first kappa shape index (κ1) is 26.6. The minimum Gasteiger partial charge on any atom is -0.273 e. The van der Waals surface area contributed by atoms with E-state index in [1.54, 1.807) is 17.7 Å². The van der Waals surface area contributed by atoms with E-state index in [9.17, 15) is 14.9 Å². The maximum Gasteiger partial charge on any atom is 0.271 e. The fourth-order valence-corrected chi connectivity index (χ4v) is 5.33. The van der Waals surface area contributed by atoms with Crippen LogP contribution in [0.25, 0.3) is 23.0 Å². The zero-order valence-corrected chi connectivity index (χ0v) is 23.1. The Labute approximate surface area is 234 Å². The zero-order valence-electron chi connectivity index (χ0n) is 23.1. The van der Waals surface area contributed by atoms with Crippen LogP contribution in [0.2, 0.25) is 0 Å². The van der Waals surface area contributed by atoms with Crippen molar-refractivity contribution in [2.75, 3.05) is 6.54 Å². The fraction of sp³-hybridized carbons (Fsp3) is 0.176. The molecule has 0 spiro atoms. The molecule has 0 saturated heterocycles. The third-order valence-electron chi connectivity index (χ3n) is 7.27. The van der Waals surface area contributed by atoms with Gasteiger partial charge in [0.1, 0.15) is 17.3 Å². The van der Waals surface area contributed by atoms with Gasteiger partial charge in [0.15, 0.2) is 0 Å². The lowest BCUT2D eigenvalue weighted by atomic mass is 9.91. The molecule has 2 amide bonds. The Morgan fingerprint density at radius 3 is 2.12 bits per heavy atom. The van der Waals surface area contributed by atoms with E-state index in [-0.39, 0.29) is 12.1 Å². The van der Waals surface area contributed by atoms with Crippen LogP contribution < -0.4 is 0 Å². The van der Waals surface area contributed by atoms with E-state index in [4.69, 9.17) is 5.10 Å². The molecule has 0 aliphatic carbocycles. The quantitative estimate of drug-likeness (QED) is 0.218. The summed E-state index contributed by atoms with van der Waals surface area (Å²) in [6.07, 6.45) is 4.17. The Bertz CT molecular complexity index is 1700. The molecule has 40 heavy (non-hydrogen) atoms. The summed E-state index contributed by atoms with van der Waals surface area (Å²) in [5.41, 5.74) is 8.36. The van der Waals surface area contributed by atoms with Gasteiger partial charge < -0.3 is 0 Å². The molecule has 6 heteroatoms. The van der Waals surface area contributed by atoms with E-state index in [0.717, 1.165) is 44.8 Å². The van der Waals surface area contributed by atoms with Gasteiger partial charge in [-0.15, -0.1) is 0 Å². The maximum absolute atomic E-state index is 13.8. The monoisotopic (exact) mass is 526 g/mol. The predicted molar refractivity (Wildman–Crippen MR) is 156 cm³/mol. The number of amides is 2. The standard InChI is InChI=1S/C34H30N4O2/c1-22-17-23(2)31(24(3)18-22)32-27(21-38(36-32)28-13-9-6-10-14-28)19-29-25(4)30(20-35)34(40)37(33(29)39)16-15-26-11-7-5-8-12-26/h5-14,17-19,21H,15-16H2,1-4H3/b29-19+. The Hall–Kier alpha value is -5.02. The molecule has 0 saturated carbocycles. The van der Waals surface area contributed by atoms with Crippen LogP contribution in [0.3, 0.4) is 0 Å². The van der Waals surface area contributed by atoms with Crippen molar-refractivity contribution in [3.63, 3.8) is 0 Å². The first-order valence-corrected chi connectivity index (χ1v) is 13.2. The summed E-state index contributed by atoms with van der Waals surface area (Å²) >= 11 is 0. The number of nitrogens with zero attached hydrogens (tertiary/aromatic N) is 4. The smallest absolute Gasteiger partial charge is 0.271 e. The van der Waals surface area contributed by atoms with Crippen LogP contribution in [0.5, 0.6) is 0 Å². The summed E-state index contributed by atoms with van der Waals surface area (Å²) in [7, 11) is 0. The van der Waals surface area contributed by atoms with Gasteiger partial charge in [0, 0.05) is 29.4 Å². The summed E-state index contributed by atoms with van der Waals surface area (Å²) in [4.78, 5) is 28.2. The second kappa shape index (κ2) is 11.0. The second-order valence-electron chi connectivity index (χ2n) is 10.2. The predicted octanol–water partition coefficient (Wildman–Crippen LogP) is 6.30. The number of benzene rings is 3. The number of aryl methyl sites for hydroxylation is 3. The maximum atomic E-state index is 13.8. The van der Waals surface area contributed by atoms with E-state index >= 15 is 0 Å². The number of aromatic nitrogens is 2. The van der Waals surface area contributed by atoms with Crippen LogP contribution in [-0.2, 0) is 16.0 Å². The number of hydrogen-bond donors (Lipinski definition) is 0. The SMILES string of the molecule is CC1=C(C#N)C(=O)N(CCc2ccccc2)C(=O)/C1=C/c1cn(-c2ccccc2)nc1-c1c(C)cc(C)cc1C. The highest BCUT2D eigenvalue weighted by Crippen LogP contribution is 2.34. The Kier molecular flexibility index (Phi) is 7.31. The van der Waals surface area contributed by atoms with Crippen molar-refractivity contribution in [2.24, 2.45) is 0 Å². The molecule has 1 aromatic heterocycles. The highest BCUT2D eigenvalue weighted by molar-refractivity contribution is 6.19. The van der Waals surface area contributed by atoms with Gasteiger partial charge in [-0.1, -0.05) is 66.2 Å². The van der Waals surface area contributed by atoms with Gasteiger partial charge in [-0.05, 0) is 74.6 Å². The van der Waals surface area contributed by atoms with Gasteiger partial charge in [0.25, 0.3) is 11.8 Å². The molecule has 0 unspecified atom stereocenters. The lowest BCUT2D eigenvalue weighted by molar-refractivity contribution is -0.140. The average Bonchev–Trinajstić information content (AvgIpc) is 3.35. The molecule has 1 aliphatic rings. The van der Waals surface area contributed by atoms with E-state index < -0.39 is 11.8 Å². The topological polar surface area (TPSA) is 79.0 Å². The van der Waals surface area contributed by atoms with Crippen LogP contribution in [-0.4, -0.2) is 33.0 Å². The van der Waals surface area contributed by atoms with Crippen molar-refractivity contribution in [2.45, 2.75) is 34.1 Å². The molecule has 0 bridgehead atoms. The van der Waals surface area contributed by atoms with E-state index in [2.05, 4.69) is 32.9 Å². The second-order valence-corrected chi connectivity index (χ2v) is 10.2. The minimum absolute atomic E-state index is 0.0152. The Morgan fingerprint density at radius 1 is 0.875 bits per heavy atom. The van der Waals surface area contributed by atoms with Crippen molar-refractivity contribution in [1.29, 1.82) is 5.26 Å². The van der Waals surface area contributed by atoms with Crippen LogP contribution in [0.1, 0.15) is 34.7 Å². The number of rotatable bonds is 6. The molecule has 0 N–H and O–H groups in total. The number of nitriles is 1. The van der Waals surface area contributed by atoms with Crippen molar-refractivity contribution >= 4 is 17.9 Å². The van der Waals surface area contributed by atoms with E-state index in [0.29, 0.717) is 17.6 Å². The largest absolute Gasteiger partial charge is 0.273 e. The van der Waals surface area contributed by atoms with Crippen LogP contribution in [0, 0.1) is 32.1 Å². The van der Waals surface area contributed by atoms with Crippen molar-refractivity contribution in [3.05, 3.63) is 124 Å². The Morgan fingerprint density at radius 2 is 1.50 bits per heavy atom. The third-order valence-corrected chi connectivity index (χ3v) is 7.27. The van der Waals surface area contributed by atoms with Gasteiger partial charge in [0.2, 0.25) is 0 Å². The highest BCUT2D eigenvalue weighted by atomic mass is 16.2. The van der Waals surface area contributed by atoms with Crippen molar-refractivity contribution < 1.29 is 9.59 Å². The number of carbonyl (C=O) groups is 2. The van der Waals surface area contributed by atoms with Gasteiger partial charge >= 0.3 is 0 Å². The minimum atomic E-state index is -0.552. The molecule has 1 aliphatic heterocycles. The summed E-state index contributed by atoms with van der Waals surface area (Å²) in [6, 6.07) is 25.8. The van der Waals surface area contributed by atoms with Crippen molar-refractivity contribution in [1.82, 2.24) is 14.7 Å². The third kappa shape index (κ3) is 5.02. The first-order valence-electron chi connectivity index (χ1n) is 13.2. The van der Waals surface area contributed by atoms with E-state index in [1.807, 2.05) is 72.9 Å². The molecule has 3 aromatic carbocycles. The fourth-order valence-electron chi connectivity index (χ4n) is 5.33. The number of carbonyl (C=O) groups excluding carboxylic acids is 2. The summed E-state index contributed by atoms with van der Waals surface area (Å²) in [5.74, 6) is -0.961. The molecule has 0 atom stereocenters. The van der Waals surface area contributed by atoms with Crippen LogP contribution >= 0.6 is 0 Å². The summed E-state index contributed by atoms with van der Waals surface area (Å²) < 4.78 is 1.80. The lowest BCUT2D eigenvalue weighted by Crippen LogP contribution is -2.43. The molecule has 198 valence electrons. The molecular formula is C34H30N4O2. The summed E-state index contributed by atoms with van der Waals surface area (Å²) in [5, 5.41) is 14.8. The first-order chi connectivity index (χ1) is 19.3. The lowest BCUT2D eigenvalue weighted by Gasteiger charge is -2.27. The van der Waals surface area contributed by atoms with Crippen LogP contribution in [0.15, 0.2) is 95.7 Å². The number of para-hydroxylation sites is 1. The molecule has 0 radical (unpaired) electrons. The van der Waals surface area contributed by atoms with Gasteiger partial charge in [-0.25, -0.2) is 4.68 Å². The normalized spacial score (nSPS) is 14.7. The Balaban J connectivity index is 1.65. The number of hydrogen-bond acceptors (Lipinski definition) is 4. The van der Waals surface area contributed by atoms with Gasteiger partial charge in [-0.3, -0.25) is 14.5 Å². The molecular weight excluding hydrogens is 496 g/mol. The van der Waals surface area contributed by atoms with Crippen LogP contribution in [0.4, 0.5) is 0 Å². The molecule has 5 rings (SSSR count).